The van der Waals surface area contributed by atoms with E-state index in [9.17, 15) is 4.79 Å². The van der Waals surface area contributed by atoms with Crippen LogP contribution in [0, 0.1) is 0 Å². The molecule has 0 bridgehead atoms. The minimum Gasteiger partial charge on any atom is -0.486 e. The van der Waals surface area contributed by atoms with Gasteiger partial charge in [0.1, 0.15) is 15.6 Å². The van der Waals surface area contributed by atoms with E-state index in [0.717, 1.165) is 24.5 Å². The van der Waals surface area contributed by atoms with Crippen LogP contribution in [-0.4, -0.2) is 31.6 Å². The topological polar surface area (TPSA) is 67.6 Å². The van der Waals surface area contributed by atoms with Gasteiger partial charge in [0.05, 0.1) is 6.10 Å². The third-order valence-corrected chi connectivity index (χ3v) is 4.27. The predicted molar refractivity (Wildman–Crippen MR) is 90.7 cm³/mol. The summed E-state index contributed by atoms with van der Waals surface area (Å²) in [5, 5.41) is 3.81. The second-order valence-corrected chi connectivity index (χ2v) is 6.07. The fraction of sp³-hybridized carbons (Fsp3) is 0.667. The fourth-order valence-electron chi connectivity index (χ4n) is 1.97. The summed E-state index contributed by atoms with van der Waals surface area (Å²) in [5.41, 5.74) is 6.62. The number of hydrogen-bond donors (Lipinski definition) is 2. The molecular formula is C15H27N3O2S. The van der Waals surface area contributed by atoms with E-state index in [0.29, 0.717) is 22.9 Å². The number of carbonyl (C=O) groups is 1. The molecule has 3 N–H and O–H groups in total. The first-order valence-corrected chi connectivity index (χ1v) is 8.39. The first-order chi connectivity index (χ1) is 9.96. The van der Waals surface area contributed by atoms with E-state index in [-0.39, 0.29) is 12.0 Å². The largest absolute Gasteiger partial charge is 0.486 e. The number of anilines is 2. The zero-order valence-corrected chi connectivity index (χ0v) is 14.5. The number of amides is 1. The number of nitrogens with two attached hydrogens (primary N) is 1. The van der Waals surface area contributed by atoms with Gasteiger partial charge >= 0.3 is 0 Å². The molecule has 1 amide bonds. The van der Waals surface area contributed by atoms with Gasteiger partial charge in [-0.1, -0.05) is 6.92 Å². The Kier molecular flexibility index (Phi) is 6.81. The lowest BCUT2D eigenvalue weighted by atomic mass is 10.3. The number of nitrogen functional groups attached to an aromatic ring is 1. The van der Waals surface area contributed by atoms with E-state index in [2.05, 4.69) is 24.1 Å². The number of hydrogen-bond acceptors (Lipinski definition) is 5. The molecule has 1 aromatic rings. The highest BCUT2D eigenvalue weighted by atomic mass is 32.1. The van der Waals surface area contributed by atoms with Gasteiger partial charge in [0.15, 0.2) is 5.75 Å². The Morgan fingerprint density at radius 2 is 1.95 bits per heavy atom. The summed E-state index contributed by atoms with van der Waals surface area (Å²) < 4.78 is 5.86. The van der Waals surface area contributed by atoms with Crippen molar-refractivity contribution in [2.75, 3.05) is 30.3 Å². The first kappa shape index (κ1) is 17.6. The zero-order valence-electron chi connectivity index (χ0n) is 13.7. The minimum absolute atomic E-state index is 0.0164. The lowest BCUT2D eigenvalue weighted by molar-refractivity contribution is 0.0958. The molecule has 0 aliphatic heterocycles. The smallest absolute Gasteiger partial charge is 0.263 e. The summed E-state index contributed by atoms with van der Waals surface area (Å²) in [5.74, 6) is 0.520. The number of nitrogens with one attached hydrogen (secondary N) is 1. The maximum absolute atomic E-state index is 12.2. The molecule has 0 atom stereocenters. The molecule has 1 aromatic heterocycles. The van der Waals surface area contributed by atoms with Crippen molar-refractivity contribution in [2.24, 2.45) is 0 Å². The Balaban J connectivity index is 3.19. The van der Waals surface area contributed by atoms with Crippen molar-refractivity contribution in [3.8, 4) is 5.75 Å². The molecule has 0 aliphatic carbocycles. The second kappa shape index (κ2) is 8.12. The molecule has 0 fully saturated rings. The van der Waals surface area contributed by atoms with Crippen LogP contribution in [0.3, 0.4) is 0 Å². The standard InChI is InChI=1S/C15H27N3O2S/c1-6-9-17-14(19)13-11(16)12(20-10(4)5)15(21-13)18(7-2)8-3/h10H,6-9,16H2,1-5H3,(H,17,19). The number of thiophene rings is 1. The van der Waals surface area contributed by atoms with Crippen molar-refractivity contribution in [2.45, 2.75) is 47.1 Å². The highest BCUT2D eigenvalue weighted by molar-refractivity contribution is 7.19. The van der Waals surface area contributed by atoms with Gasteiger partial charge in [0.25, 0.3) is 5.91 Å². The summed E-state index contributed by atoms with van der Waals surface area (Å²) in [6.45, 7) is 12.4. The fourth-order valence-corrected chi connectivity index (χ4v) is 3.17. The molecule has 0 aromatic carbocycles. The molecule has 5 nitrogen and oxygen atoms in total. The van der Waals surface area contributed by atoms with E-state index in [1.807, 2.05) is 20.8 Å². The maximum Gasteiger partial charge on any atom is 0.263 e. The van der Waals surface area contributed by atoms with Crippen LogP contribution in [0.4, 0.5) is 10.7 Å². The Bertz CT molecular complexity index is 468. The minimum atomic E-state index is -0.119. The third kappa shape index (κ3) is 4.27. The summed E-state index contributed by atoms with van der Waals surface area (Å²) in [7, 11) is 0. The molecule has 21 heavy (non-hydrogen) atoms. The SMILES string of the molecule is CCCNC(=O)c1sc(N(CC)CC)c(OC(C)C)c1N. The van der Waals surface area contributed by atoms with Crippen LogP contribution in [0.5, 0.6) is 5.75 Å². The number of ether oxygens (including phenoxy) is 1. The molecule has 1 rings (SSSR count). The maximum atomic E-state index is 12.2. The van der Waals surface area contributed by atoms with Gasteiger partial charge in [0.2, 0.25) is 0 Å². The summed E-state index contributed by atoms with van der Waals surface area (Å²) in [6.07, 6.45) is 0.915. The predicted octanol–water partition coefficient (Wildman–Crippen LogP) is 3.10. The van der Waals surface area contributed by atoms with E-state index in [1.165, 1.54) is 11.3 Å². The summed E-state index contributed by atoms with van der Waals surface area (Å²) in [6, 6.07) is 0. The van der Waals surface area contributed by atoms with Gasteiger partial charge in [-0.15, -0.1) is 11.3 Å². The molecule has 0 spiro atoms. The number of rotatable bonds is 8. The Morgan fingerprint density at radius 3 is 2.43 bits per heavy atom. The van der Waals surface area contributed by atoms with Crippen LogP contribution in [0.1, 0.15) is 50.7 Å². The van der Waals surface area contributed by atoms with Crippen molar-refractivity contribution >= 4 is 27.9 Å². The molecule has 0 unspecified atom stereocenters. The Hall–Kier alpha value is -1.43. The first-order valence-electron chi connectivity index (χ1n) is 7.58. The molecule has 0 radical (unpaired) electrons. The van der Waals surface area contributed by atoms with Gasteiger partial charge in [-0.3, -0.25) is 4.79 Å². The van der Waals surface area contributed by atoms with E-state index < -0.39 is 0 Å². The molecule has 6 heteroatoms. The van der Waals surface area contributed by atoms with Gasteiger partial charge in [0, 0.05) is 19.6 Å². The average molecular weight is 313 g/mol. The second-order valence-electron chi connectivity index (χ2n) is 5.07. The van der Waals surface area contributed by atoms with E-state index in [1.54, 1.807) is 0 Å². The lowest BCUT2D eigenvalue weighted by Gasteiger charge is -2.21. The molecule has 1 heterocycles. The van der Waals surface area contributed by atoms with Gasteiger partial charge in [-0.2, -0.15) is 0 Å². The number of nitrogens with zero attached hydrogens (tertiary/aromatic N) is 1. The van der Waals surface area contributed by atoms with Crippen LogP contribution in [0.15, 0.2) is 0 Å². The van der Waals surface area contributed by atoms with Gasteiger partial charge in [-0.25, -0.2) is 0 Å². The number of carbonyl (C=O) groups excluding carboxylic acids is 1. The van der Waals surface area contributed by atoms with Crippen molar-refractivity contribution in [3.05, 3.63) is 4.88 Å². The van der Waals surface area contributed by atoms with Crippen LogP contribution in [0.2, 0.25) is 0 Å². The van der Waals surface area contributed by atoms with Gasteiger partial charge < -0.3 is 20.7 Å². The van der Waals surface area contributed by atoms with Crippen LogP contribution >= 0.6 is 11.3 Å². The van der Waals surface area contributed by atoms with E-state index >= 15 is 0 Å². The summed E-state index contributed by atoms with van der Waals surface area (Å²) in [4.78, 5) is 14.9. The van der Waals surface area contributed by atoms with Gasteiger partial charge in [-0.05, 0) is 34.1 Å². The zero-order chi connectivity index (χ0) is 16.0. The van der Waals surface area contributed by atoms with Crippen LogP contribution in [-0.2, 0) is 0 Å². The van der Waals surface area contributed by atoms with Crippen molar-refractivity contribution in [1.82, 2.24) is 5.32 Å². The normalized spacial score (nSPS) is 10.8. The molecule has 120 valence electrons. The quantitative estimate of drug-likeness (QED) is 0.774. The molecular weight excluding hydrogens is 286 g/mol. The van der Waals surface area contributed by atoms with Crippen molar-refractivity contribution in [1.29, 1.82) is 0 Å². The summed E-state index contributed by atoms with van der Waals surface area (Å²) >= 11 is 1.41. The van der Waals surface area contributed by atoms with Crippen molar-refractivity contribution in [3.63, 3.8) is 0 Å². The molecule has 0 aliphatic rings. The molecule has 0 saturated heterocycles. The highest BCUT2D eigenvalue weighted by Crippen LogP contribution is 2.45. The van der Waals surface area contributed by atoms with Crippen LogP contribution < -0.4 is 20.7 Å². The Labute approximate surface area is 131 Å². The Morgan fingerprint density at radius 1 is 1.33 bits per heavy atom. The van der Waals surface area contributed by atoms with Crippen LogP contribution in [0.25, 0.3) is 0 Å². The average Bonchev–Trinajstić information content (AvgIpc) is 2.75. The van der Waals surface area contributed by atoms with E-state index in [4.69, 9.17) is 10.5 Å². The highest BCUT2D eigenvalue weighted by Gasteiger charge is 2.25. The third-order valence-electron chi connectivity index (χ3n) is 3.03. The van der Waals surface area contributed by atoms with Crippen molar-refractivity contribution < 1.29 is 9.53 Å². The lowest BCUT2D eigenvalue weighted by Crippen LogP contribution is -2.23. The monoisotopic (exact) mass is 313 g/mol. The molecule has 0 saturated carbocycles.